The first-order chi connectivity index (χ1) is 9.64. The lowest BCUT2D eigenvalue weighted by Crippen LogP contribution is -2.58. The number of nitrogens with zero attached hydrogens (tertiary/aromatic N) is 1. The monoisotopic (exact) mass is 379 g/mol. The van der Waals surface area contributed by atoms with Gasteiger partial charge in [0.25, 0.3) is 0 Å². The molecule has 2 amide bonds. The number of benzene rings is 1. The SMILES string of the molecule is CC1C(=O)NC(=O)CN1S(=O)(=O)c1cc(N)cc(Br)c1F. The smallest absolute Gasteiger partial charge is 0.247 e. The van der Waals surface area contributed by atoms with Crippen LogP contribution < -0.4 is 11.1 Å². The number of carbonyl (C=O) groups excluding carboxylic acids is 2. The first-order valence-electron chi connectivity index (χ1n) is 5.74. The third-order valence-electron chi connectivity index (χ3n) is 2.98. The van der Waals surface area contributed by atoms with Crippen LogP contribution in [0.3, 0.4) is 0 Å². The van der Waals surface area contributed by atoms with Crippen LogP contribution in [0.15, 0.2) is 21.5 Å². The molecule has 10 heteroatoms. The molecule has 1 heterocycles. The molecule has 0 bridgehead atoms. The summed E-state index contributed by atoms with van der Waals surface area (Å²) in [7, 11) is -4.39. The molecular formula is C11H11BrFN3O4S. The number of hydrogen-bond donors (Lipinski definition) is 2. The van der Waals surface area contributed by atoms with Crippen molar-refractivity contribution in [2.24, 2.45) is 0 Å². The molecule has 0 radical (unpaired) electrons. The highest BCUT2D eigenvalue weighted by molar-refractivity contribution is 9.10. The van der Waals surface area contributed by atoms with Crippen LogP contribution in [-0.2, 0) is 19.6 Å². The maximum atomic E-state index is 14.1. The van der Waals surface area contributed by atoms with E-state index in [2.05, 4.69) is 15.9 Å². The number of amides is 2. The quantitative estimate of drug-likeness (QED) is 0.563. The van der Waals surface area contributed by atoms with Gasteiger partial charge in [0.1, 0.15) is 10.9 Å². The van der Waals surface area contributed by atoms with Crippen LogP contribution >= 0.6 is 15.9 Å². The number of hydrogen-bond acceptors (Lipinski definition) is 5. The van der Waals surface area contributed by atoms with Crippen molar-refractivity contribution in [3.63, 3.8) is 0 Å². The Kier molecular flexibility index (Phi) is 4.04. The number of rotatable bonds is 2. The minimum Gasteiger partial charge on any atom is -0.399 e. The standard InChI is InChI=1S/C11H11BrFN3O4S/c1-5-11(18)15-9(17)4-16(5)21(19,20)8-3-6(14)2-7(12)10(8)13/h2-3,5H,4,14H2,1H3,(H,15,17,18). The molecule has 1 aliphatic heterocycles. The largest absolute Gasteiger partial charge is 0.399 e. The molecule has 0 aliphatic carbocycles. The van der Waals surface area contributed by atoms with Gasteiger partial charge in [0, 0.05) is 5.69 Å². The molecule has 21 heavy (non-hydrogen) atoms. The second-order valence-corrected chi connectivity index (χ2v) is 7.17. The number of nitrogens with two attached hydrogens (primary N) is 1. The predicted octanol–water partition coefficient (Wildman–Crippen LogP) is 0.206. The Morgan fingerprint density at radius 3 is 2.67 bits per heavy atom. The first-order valence-corrected chi connectivity index (χ1v) is 7.98. The highest BCUT2D eigenvalue weighted by Gasteiger charge is 2.40. The lowest BCUT2D eigenvalue weighted by Gasteiger charge is -2.30. The molecule has 1 aliphatic rings. The van der Waals surface area contributed by atoms with Gasteiger partial charge in [0.15, 0.2) is 5.82 Å². The van der Waals surface area contributed by atoms with Gasteiger partial charge in [-0.1, -0.05) is 0 Å². The minimum atomic E-state index is -4.39. The van der Waals surface area contributed by atoms with Crippen molar-refractivity contribution in [2.75, 3.05) is 12.3 Å². The van der Waals surface area contributed by atoms with Crippen molar-refractivity contribution in [3.8, 4) is 0 Å². The average Bonchev–Trinajstić information content (AvgIpc) is 2.37. The summed E-state index contributed by atoms with van der Waals surface area (Å²) in [4.78, 5) is 22.2. The van der Waals surface area contributed by atoms with E-state index in [-0.39, 0.29) is 10.2 Å². The molecule has 1 saturated heterocycles. The van der Waals surface area contributed by atoms with Crippen molar-refractivity contribution in [1.29, 1.82) is 0 Å². The summed E-state index contributed by atoms with van der Waals surface area (Å²) in [5.41, 5.74) is 5.55. The summed E-state index contributed by atoms with van der Waals surface area (Å²) < 4.78 is 39.6. The number of imide groups is 1. The Labute approximate surface area is 128 Å². The molecule has 0 saturated carbocycles. The Bertz CT molecular complexity index is 737. The fourth-order valence-corrected chi connectivity index (χ4v) is 4.16. The molecule has 1 aromatic rings. The molecular weight excluding hydrogens is 369 g/mol. The van der Waals surface area contributed by atoms with Gasteiger partial charge < -0.3 is 5.73 Å². The van der Waals surface area contributed by atoms with E-state index in [1.165, 1.54) is 13.0 Å². The van der Waals surface area contributed by atoms with Gasteiger partial charge >= 0.3 is 0 Å². The zero-order valence-electron chi connectivity index (χ0n) is 10.8. The fourth-order valence-electron chi connectivity index (χ4n) is 1.88. The van der Waals surface area contributed by atoms with Gasteiger partial charge in [0.2, 0.25) is 21.8 Å². The van der Waals surface area contributed by atoms with Crippen molar-refractivity contribution in [3.05, 3.63) is 22.4 Å². The zero-order chi connectivity index (χ0) is 15.9. The van der Waals surface area contributed by atoms with E-state index in [1.54, 1.807) is 0 Å². The summed E-state index contributed by atoms with van der Waals surface area (Å²) in [6.07, 6.45) is 0. The number of sulfonamides is 1. The molecule has 0 aromatic heterocycles. The Hall–Kier alpha value is -1.52. The Balaban J connectivity index is 2.57. The molecule has 1 unspecified atom stereocenters. The van der Waals surface area contributed by atoms with Gasteiger partial charge in [-0.05, 0) is 35.0 Å². The molecule has 114 valence electrons. The maximum Gasteiger partial charge on any atom is 0.247 e. The van der Waals surface area contributed by atoms with Gasteiger partial charge in [-0.2, -0.15) is 4.31 Å². The summed E-state index contributed by atoms with van der Waals surface area (Å²) in [5.74, 6) is -2.57. The normalized spacial score (nSPS) is 20.4. The summed E-state index contributed by atoms with van der Waals surface area (Å²) in [5, 5.41) is 2.01. The van der Waals surface area contributed by atoms with Crippen LogP contribution in [-0.4, -0.2) is 37.1 Å². The summed E-state index contributed by atoms with van der Waals surface area (Å²) in [6, 6.07) is 1.03. The number of anilines is 1. The third-order valence-corrected chi connectivity index (χ3v) is 5.47. The van der Waals surface area contributed by atoms with Gasteiger partial charge in [0.05, 0.1) is 11.0 Å². The van der Waals surface area contributed by atoms with E-state index in [0.29, 0.717) is 4.31 Å². The Morgan fingerprint density at radius 1 is 1.43 bits per heavy atom. The fraction of sp³-hybridized carbons (Fsp3) is 0.273. The second kappa shape index (κ2) is 5.35. The van der Waals surface area contributed by atoms with Crippen molar-refractivity contribution in [2.45, 2.75) is 17.9 Å². The van der Waals surface area contributed by atoms with Gasteiger partial charge in [-0.3, -0.25) is 14.9 Å². The predicted molar refractivity (Wildman–Crippen MR) is 75.0 cm³/mol. The lowest BCUT2D eigenvalue weighted by atomic mass is 10.2. The number of nitrogens with one attached hydrogen (secondary N) is 1. The molecule has 1 aromatic carbocycles. The van der Waals surface area contributed by atoms with E-state index in [9.17, 15) is 22.4 Å². The topological polar surface area (TPSA) is 110 Å². The molecule has 3 N–H and O–H groups in total. The van der Waals surface area contributed by atoms with Crippen LogP contribution in [0, 0.1) is 5.82 Å². The number of piperazine rings is 1. The van der Waals surface area contributed by atoms with Crippen LogP contribution in [0.2, 0.25) is 0 Å². The van der Waals surface area contributed by atoms with Crippen LogP contribution in [0.25, 0.3) is 0 Å². The van der Waals surface area contributed by atoms with Gasteiger partial charge in [-0.25, -0.2) is 12.8 Å². The maximum absolute atomic E-state index is 14.1. The first kappa shape index (κ1) is 15.9. The van der Waals surface area contributed by atoms with E-state index >= 15 is 0 Å². The van der Waals surface area contributed by atoms with E-state index in [4.69, 9.17) is 5.73 Å². The van der Waals surface area contributed by atoms with Crippen LogP contribution in [0.4, 0.5) is 10.1 Å². The van der Waals surface area contributed by atoms with Crippen molar-refractivity contribution >= 4 is 43.5 Å². The third kappa shape index (κ3) is 2.78. The average molecular weight is 380 g/mol. The molecule has 7 nitrogen and oxygen atoms in total. The zero-order valence-corrected chi connectivity index (χ0v) is 13.2. The Morgan fingerprint density at radius 2 is 2.05 bits per heavy atom. The van der Waals surface area contributed by atoms with E-state index < -0.39 is 45.1 Å². The van der Waals surface area contributed by atoms with Crippen LogP contribution in [0.1, 0.15) is 6.92 Å². The molecule has 1 fully saturated rings. The van der Waals surface area contributed by atoms with E-state index in [1.807, 2.05) is 5.32 Å². The molecule has 1 atom stereocenters. The van der Waals surface area contributed by atoms with Crippen molar-refractivity contribution < 1.29 is 22.4 Å². The second-order valence-electron chi connectivity index (χ2n) is 4.45. The van der Waals surface area contributed by atoms with Gasteiger partial charge in [-0.15, -0.1) is 0 Å². The number of nitrogen functional groups attached to an aromatic ring is 1. The number of carbonyl (C=O) groups is 2. The minimum absolute atomic E-state index is 0.0299. The van der Waals surface area contributed by atoms with Crippen LogP contribution in [0.5, 0.6) is 0 Å². The number of halogens is 2. The lowest BCUT2D eigenvalue weighted by molar-refractivity contribution is -0.136. The summed E-state index contributed by atoms with van der Waals surface area (Å²) in [6.45, 7) is 0.736. The molecule has 0 spiro atoms. The van der Waals surface area contributed by atoms with Crippen molar-refractivity contribution in [1.82, 2.24) is 9.62 Å². The highest BCUT2D eigenvalue weighted by Crippen LogP contribution is 2.29. The summed E-state index contributed by atoms with van der Waals surface area (Å²) >= 11 is 2.87. The highest BCUT2D eigenvalue weighted by atomic mass is 79.9. The van der Waals surface area contributed by atoms with E-state index in [0.717, 1.165) is 6.07 Å². The molecule has 2 rings (SSSR count).